The van der Waals surface area contributed by atoms with E-state index in [1.807, 2.05) is 50.2 Å². The average Bonchev–Trinajstić information content (AvgIpc) is 3.26. The number of rotatable bonds is 10. The van der Waals surface area contributed by atoms with Crippen LogP contribution in [0.2, 0.25) is 0 Å². The minimum absolute atomic E-state index is 0.0505. The Morgan fingerprint density at radius 1 is 1.16 bits per heavy atom. The normalized spacial score (nSPS) is 11.4. The number of nitrogens with one attached hydrogen (secondary N) is 3. The van der Waals surface area contributed by atoms with Gasteiger partial charge in [-0.2, -0.15) is 0 Å². The number of hydrogen-bond donors (Lipinski definition) is 4. The van der Waals surface area contributed by atoms with Crippen molar-refractivity contribution in [2.45, 2.75) is 25.7 Å². The molecule has 170 valence electrons. The van der Waals surface area contributed by atoms with E-state index in [4.69, 9.17) is 19.8 Å². The third-order valence-electron chi connectivity index (χ3n) is 5.17. The number of nitrogens with zero attached hydrogens (tertiary/aromatic N) is 1. The molecule has 0 bridgehead atoms. The summed E-state index contributed by atoms with van der Waals surface area (Å²) < 4.78 is 25.5. The summed E-state index contributed by atoms with van der Waals surface area (Å²) in [5.74, 6) is 0.0680. The number of aliphatic hydroxyl groups excluding tert-OH is 1. The van der Waals surface area contributed by atoms with E-state index in [-0.39, 0.29) is 18.4 Å². The lowest BCUT2D eigenvalue weighted by Crippen LogP contribution is -2.32. The van der Waals surface area contributed by atoms with Crippen LogP contribution in [0.3, 0.4) is 0 Å². The molecule has 1 heterocycles. The number of halogens is 1. The van der Waals surface area contributed by atoms with Crippen molar-refractivity contribution >= 4 is 11.8 Å². The Morgan fingerprint density at radius 3 is 2.66 bits per heavy atom. The molecule has 0 aliphatic carbocycles. The summed E-state index contributed by atoms with van der Waals surface area (Å²) in [7, 11) is 0. The van der Waals surface area contributed by atoms with Crippen molar-refractivity contribution in [3.05, 3.63) is 71.7 Å². The maximum absolute atomic E-state index is 14.9. The van der Waals surface area contributed by atoms with Crippen molar-refractivity contribution < 1.29 is 18.8 Å². The van der Waals surface area contributed by atoms with Crippen molar-refractivity contribution in [1.29, 1.82) is 5.41 Å². The highest BCUT2D eigenvalue weighted by atomic mass is 19.1. The molecule has 3 aromatic rings. The quantitative estimate of drug-likeness (QED) is 0.215. The van der Waals surface area contributed by atoms with Gasteiger partial charge in [0.05, 0.1) is 12.3 Å². The van der Waals surface area contributed by atoms with Gasteiger partial charge in [-0.15, -0.1) is 0 Å². The number of guanidine groups is 1. The molecular weight excluding hydrogens is 411 g/mol. The molecule has 7 nitrogen and oxygen atoms in total. The first kappa shape index (κ1) is 23.4. The summed E-state index contributed by atoms with van der Waals surface area (Å²) in [5, 5.41) is 26.4. The van der Waals surface area contributed by atoms with Gasteiger partial charge in [0.1, 0.15) is 5.82 Å². The second-order valence-electron chi connectivity index (χ2n) is 7.88. The standard InChI is InChI=1S/C24H29FN4O3/c1-24(2,18-9-10-19(20(25)15-18)17-7-4-3-5-8-17)21-16-22(32-29-21)28-23(26)27-11-14-31-13-6-12-30/h3-5,7-10,15-16,30H,6,11-14H2,1-2H3,(H3,26,27,28). The number of benzene rings is 2. The summed E-state index contributed by atoms with van der Waals surface area (Å²) in [4.78, 5) is 0. The van der Waals surface area contributed by atoms with Gasteiger partial charge in [-0.05, 0) is 23.6 Å². The van der Waals surface area contributed by atoms with Gasteiger partial charge in [0.2, 0.25) is 5.88 Å². The van der Waals surface area contributed by atoms with Gasteiger partial charge in [-0.3, -0.25) is 10.7 Å². The Labute approximate surface area is 187 Å². The number of ether oxygens (including phenoxy) is 1. The van der Waals surface area contributed by atoms with Gasteiger partial charge in [0.15, 0.2) is 5.96 Å². The van der Waals surface area contributed by atoms with E-state index in [0.717, 1.165) is 11.1 Å². The van der Waals surface area contributed by atoms with Crippen molar-refractivity contribution in [2.75, 3.05) is 31.7 Å². The summed E-state index contributed by atoms with van der Waals surface area (Å²) in [6, 6.07) is 16.3. The smallest absolute Gasteiger partial charge is 0.231 e. The molecule has 2 aromatic carbocycles. The third-order valence-corrected chi connectivity index (χ3v) is 5.17. The molecule has 4 N–H and O–H groups in total. The summed E-state index contributed by atoms with van der Waals surface area (Å²) in [6.07, 6.45) is 0.588. The highest BCUT2D eigenvalue weighted by Crippen LogP contribution is 2.34. The average molecular weight is 441 g/mol. The van der Waals surface area contributed by atoms with Crippen LogP contribution < -0.4 is 10.6 Å². The minimum atomic E-state index is -0.602. The summed E-state index contributed by atoms with van der Waals surface area (Å²) in [5.41, 5.74) is 2.16. The second kappa shape index (κ2) is 10.9. The van der Waals surface area contributed by atoms with Crippen LogP contribution in [-0.2, 0) is 10.2 Å². The van der Waals surface area contributed by atoms with Gasteiger partial charge in [-0.1, -0.05) is 61.5 Å². The molecule has 0 aliphatic heterocycles. The predicted molar refractivity (Wildman–Crippen MR) is 122 cm³/mol. The SMILES string of the molecule is CC(C)(c1ccc(-c2ccccc2)c(F)c1)c1cc(NC(=N)NCCOCCCO)on1. The van der Waals surface area contributed by atoms with Gasteiger partial charge >= 0.3 is 0 Å². The van der Waals surface area contributed by atoms with E-state index >= 15 is 0 Å². The van der Waals surface area contributed by atoms with Crippen LogP contribution >= 0.6 is 0 Å². The first-order valence-corrected chi connectivity index (χ1v) is 10.5. The van der Waals surface area contributed by atoms with Gasteiger partial charge in [0.25, 0.3) is 0 Å². The molecule has 0 aliphatic rings. The van der Waals surface area contributed by atoms with Crippen molar-refractivity contribution in [3.63, 3.8) is 0 Å². The number of aliphatic hydroxyl groups is 1. The van der Waals surface area contributed by atoms with Crippen LogP contribution in [0.1, 0.15) is 31.5 Å². The van der Waals surface area contributed by atoms with Gasteiger partial charge in [0, 0.05) is 36.8 Å². The number of hydrogen-bond acceptors (Lipinski definition) is 5. The first-order chi connectivity index (χ1) is 15.4. The van der Waals surface area contributed by atoms with Crippen LogP contribution in [0, 0.1) is 11.2 Å². The molecule has 3 rings (SSSR count). The maximum Gasteiger partial charge on any atom is 0.231 e. The zero-order chi connectivity index (χ0) is 23.0. The molecule has 8 heteroatoms. The first-order valence-electron chi connectivity index (χ1n) is 10.5. The molecule has 0 radical (unpaired) electrons. The maximum atomic E-state index is 14.9. The lowest BCUT2D eigenvalue weighted by molar-refractivity contribution is 0.120. The van der Waals surface area contributed by atoms with E-state index in [2.05, 4.69) is 15.8 Å². The zero-order valence-electron chi connectivity index (χ0n) is 18.3. The fraction of sp³-hybridized carbons (Fsp3) is 0.333. The molecule has 32 heavy (non-hydrogen) atoms. The minimum Gasteiger partial charge on any atom is -0.396 e. The molecule has 0 saturated heterocycles. The monoisotopic (exact) mass is 440 g/mol. The predicted octanol–water partition coefficient (Wildman–Crippen LogP) is 4.14. The second-order valence-corrected chi connectivity index (χ2v) is 7.88. The van der Waals surface area contributed by atoms with Crippen LogP contribution in [-0.4, -0.2) is 42.6 Å². The Hall–Kier alpha value is -3.23. The molecule has 0 unspecified atom stereocenters. The lowest BCUT2D eigenvalue weighted by Gasteiger charge is -2.23. The Kier molecular flexibility index (Phi) is 7.97. The van der Waals surface area contributed by atoms with E-state index in [9.17, 15) is 4.39 Å². The highest BCUT2D eigenvalue weighted by Gasteiger charge is 2.28. The fourth-order valence-corrected chi connectivity index (χ4v) is 3.22. The molecule has 0 saturated carbocycles. The zero-order valence-corrected chi connectivity index (χ0v) is 18.3. The molecule has 0 atom stereocenters. The molecular formula is C24H29FN4O3. The van der Waals surface area contributed by atoms with E-state index in [1.165, 1.54) is 6.07 Å². The van der Waals surface area contributed by atoms with Crippen LogP contribution in [0.15, 0.2) is 59.1 Å². The van der Waals surface area contributed by atoms with Gasteiger partial charge in [-0.25, -0.2) is 4.39 Å². The van der Waals surface area contributed by atoms with Crippen LogP contribution in [0.25, 0.3) is 11.1 Å². The summed E-state index contributed by atoms with van der Waals surface area (Å²) >= 11 is 0. The Bertz CT molecular complexity index is 1020. The number of anilines is 1. The number of aromatic nitrogens is 1. The van der Waals surface area contributed by atoms with E-state index < -0.39 is 5.41 Å². The fourth-order valence-electron chi connectivity index (χ4n) is 3.22. The Balaban J connectivity index is 1.62. The van der Waals surface area contributed by atoms with E-state index in [1.54, 1.807) is 12.1 Å². The summed E-state index contributed by atoms with van der Waals surface area (Å²) in [6.45, 7) is 5.32. The van der Waals surface area contributed by atoms with Crippen molar-refractivity contribution in [3.8, 4) is 11.1 Å². The third kappa shape index (κ3) is 5.93. The largest absolute Gasteiger partial charge is 0.396 e. The van der Waals surface area contributed by atoms with Gasteiger partial charge < -0.3 is 19.7 Å². The lowest BCUT2D eigenvalue weighted by atomic mass is 9.81. The van der Waals surface area contributed by atoms with Crippen molar-refractivity contribution in [1.82, 2.24) is 10.5 Å². The Morgan fingerprint density at radius 2 is 1.94 bits per heavy atom. The molecule has 0 fully saturated rings. The van der Waals surface area contributed by atoms with Crippen molar-refractivity contribution in [2.24, 2.45) is 0 Å². The molecule has 1 aromatic heterocycles. The van der Waals surface area contributed by atoms with E-state index in [0.29, 0.717) is 43.3 Å². The topological polar surface area (TPSA) is 103 Å². The van der Waals surface area contributed by atoms with Crippen LogP contribution in [0.4, 0.5) is 10.3 Å². The highest BCUT2D eigenvalue weighted by molar-refractivity contribution is 5.89. The van der Waals surface area contributed by atoms with Crippen LogP contribution in [0.5, 0.6) is 0 Å². The molecule has 0 amide bonds. The molecule has 0 spiro atoms.